The second-order valence-electron chi connectivity index (χ2n) is 6.11. The Bertz CT molecular complexity index is 670. The van der Waals surface area contributed by atoms with Crippen molar-refractivity contribution in [1.82, 2.24) is 25.3 Å². The van der Waals surface area contributed by atoms with Gasteiger partial charge in [0.2, 0.25) is 17.6 Å². The Labute approximate surface area is 146 Å². The predicted molar refractivity (Wildman–Crippen MR) is 90.7 cm³/mol. The first-order valence-electron chi connectivity index (χ1n) is 8.54. The molecule has 0 radical (unpaired) electrons. The van der Waals surface area contributed by atoms with Gasteiger partial charge in [-0.3, -0.25) is 14.7 Å². The van der Waals surface area contributed by atoms with Crippen LogP contribution in [0.4, 0.5) is 0 Å². The van der Waals surface area contributed by atoms with Gasteiger partial charge >= 0.3 is 0 Å². The largest absolute Gasteiger partial charge is 0.379 e. The van der Waals surface area contributed by atoms with Crippen LogP contribution in [0.5, 0.6) is 0 Å². The van der Waals surface area contributed by atoms with E-state index in [1.54, 1.807) is 6.20 Å². The number of aromatic nitrogens is 3. The Hall–Kier alpha value is -2.32. The summed E-state index contributed by atoms with van der Waals surface area (Å²) in [6.45, 7) is 6.20. The van der Waals surface area contributed by atoms with E-state index in [4.69, 9.17) is 9.26 Å². The highest BCUT2D eigenvalue weighted by atomic mass is 16.5. The zero-order valence-electron chi connectivity index (χ0n) is 14.4. The van der Waals surface area contributed by atoms with Crippen LogP contribution < -0.4 is 5.32 Å². The van der Waals surface area contributed by atoms with Gasteiger partial charge in [0, 0.05) is 44.7 Å². The van der Waals surface area contributed by atoms with E-state index >= 15 is 0 Å². The van der Waals surface area contributed by atoms with Crippen molar-refractivity contribution in [3.05, 3.63) is 30.3 Å². The quantitative estimate of drug-likeness (QED) is 0.797. The highest BCUT2D eigenvalue weighted by Gasteiger charge is 2.16. The minimum Gasteiger partial charge on any atom is -0.379 e. The summed E-state index contributed by atoms with van der Waals surface area (Å²) >= 11 is 0. The first-order chi connectivity index (χ1) is 12.2. The van der Waals surface area contributed by atoms with Crippen LogP contribution in [0.1, 0.15) is 19.2 Å². The van der Waals surface area contributed by atoms with Crippen molar-refractivity contribution in [3.63, 3.8) is 0 Å². The standard InChI is InChI=1S/C17H23N5O3/c1-13(12-22-8-10-24-11-9-22)19-15(23)5-6-16-20-17(21-25-16)14-4-2-3-7-18-14/h2-4,7,13H,5-6,8-12H2,1H3,(H,19,23). The third-order valence-electron chi connectivity index (χ3n) is 3.97. The third kappa shape index (κ3) is 5.33. The number of carbonyl (C=O) groups excluding carboxylic acids is 1. The summed E-state index contributed by atoms with van der Waals surface area (Å²) in [6, 6.07) is 5.60. The molecule has 8 nitrogen and oxygen atoms in total. The average molecular weight is 345 g/mol. The van der Waals surface area contributed by atoms with Crippen LogP contribution >= 0.6 is 0 Å². The SMILES string of the molecule is CC(CN1CCOCC1)NC(=O)CCc1nc(-c2ccccn2)no1. The van der Waals surface area contributed by atoms with Crippen LogP contribution in [0.15, 0.2) is 28.9 Å². The summed E-state index contributed by atoms with van der Waals surface area (Å²) in [4.78, 5) is 22.8. The Morgan fingerprint density at radius 1 is 1.36 bits per heavy atom. The number of hydrogen-bond donors (Lipinski definition) is 1. The minimum absolute atomic E-state index is 0.0154. The monoisotopic (exact) mass is 345 g/mol. The van der Waals surface area contributed by atoms with E-state index in [2.05, 4.69) is 25.3 Å². The molecule has 0 spiro atoms. The summed E-state index contributed by atoms with van der Waals surface area (Å²) < 4.78 is 10.5. The molecule has 1 aliphatic heterocycles. The van der Waals surface area contributed by atoms with Crippen molar-refractivity contribution in [3.8, 4) is 11.5 Å². The number of ether oxygens (including phenoxy) is 1. The molecule has 3 rings (SSSR count). The fraction of sp³-hybridized carbons (Fsp3) is 0.529. The van der Waals surface area contributed by atoms with Gasteiger partial charge in [-0.05, 0) is 19.1 Å². The van der Waals surface area contributed by atoms with Gasteiger partial charge in [-0.2, -0.15) is 4.98 Å². The van der Waals surface area contributed by atoms with Crippen LogP contribution in [0.3, 0.4) is 0 Å². The molecule has 25 heavy (non-hydrogen) atoms. The molecule has 2 aromatic heterocycles. The molecule has 1 N–H and O–H groups in total. The summed E-state index contributed by atoms with van der Waals surface area (Å²) in [5, 5.41) is 6.92. The Balaban J connectivity index is 1.42. The summed E-state index contributed by atoms with van der Waals surface area (Å²) in [5.41, 5.74) is 0.654. The van der Waals surface area contributed by atoms with Crippen molar-refractivity contribution in [2.75, 3.05) is 32.8 Å². The Kier molecular flexibility index (Phi) is 6.08. The first-order valence-corrected chi connectivity index (χ1v) is 8.54. The highest BCUT2D eigenvalue weighted by molar-refractivity contribution is 5.76. The maximum absolute atomic E-state index is 12.1. The summed E-state index contributed by atoms with van der Waals surface area (Å²) in [6.07, 6.45) is 2.40. The summed E-state index contributed by atoms with van der Waals surface area (Å²) in [7, 11) is 0. The van der Waals surface area contributed by atoms with Crippen molar-refractivity contribution >= 4 is 5.91 Å². The zero-order chi connectivity index (χ0) is 17.5. The van der Waals surface area contributed by atoms with Gasteiger partial charge in [0.15, 0.2) is 0 Å². The molecule has 0 aliphatic carbocycles. The van der Waals surface area contributed by atoms with E-state index in [1.165, 1.54) is 0 Å². The van der Waals surface area contributed by atoms with Crippen LogP contribution in [0.2, 0.25) is 0 Å². The first kappa shape index (κ1) is 17.5. The molecular weight excluding hydrogens is 322 g/mol. The van der Waals surface area contributed by atoms with Crippen LogP contribution in [-0.4, -0.2) is 64.8 Å². The molecule has 0 aromatic carbocycles. The zero-order valence-corrected chi connectivity index (χ0v) is 14.4. The van der Waals surface area contributed by atoms with Gasteiger partial charge in [0.05, 0.1) is 13.2 Å². The number of aryl methyl sites for hydroxylation is 1. The van der Waals surface area contributed by atoms with Crippen molar-refractivity contribution in [2.24, 2.45) is 0 Å². The number of pyridine rings is 1. The van der Waals surface area contributed by atoms with Crippen molar-refractivity contribution in [2.45, 2.75) is 25.8 Å². The van der Waals surface area contributed by atoms with E-state index in [-0.39, 0.29) is 11.9 Å². The summed E-state index contributed by atoms with van der Waals surface area (Å²) in [5.74, 6) is 0.867. The third-order valence-corrected chi connectivity index (χ3v) is 3.97. The van der Waals surface area contributed by atoms with Gasteiger partial charge in [-0.1, -0.05) is 11.2 Å². The number of carbonyl (C=O) groups is 1. The Morgan fingerprint density at radius 2 is 2.20 bits per heavy atom. The lowest BCUT2D eigenvalue weighted by Gasteiger charge is -2.29. The van der Waals surface area contributed by atoms with Crippen LogP contribution in [0, 0.1) is 0 Å². The van der Waals surface area contributed by atoms with Crippen LogP contribution in [-0.2, 0) is 16.0 Å². The molecule has 0 saturated carbocycles. The molecule has 1 saturated heterocycles. The molecule has 1 aliphatic rings. The van der Waals surface area contributed by atoms with E-state index in [9.17, 15) is 4.79 Å². The highest BCUT2D eigenvalue weighted by Crippen LogP contribution is 2.12. The van der Waals surface area contributed by atoms with Crippen LogP contribution in [0.25, 0.3) is 11.5 Å². The number of nitrogens with zero attached hydrogens (tertiary/aromatic N) is 4. The normalized spacial score (nSPS) is 16.5. The molecule has 1 fully saturated rings. The minimum atomic E-state index is -0.0154. The van der Waals surface area contributed by atoms with Gasteiger partial charge < -0.3 is 14.6 Å². The topological polar surface area (TPSA) is 93.4 Å². The fourth-order valence-electron chi connectivity index (χ4n) is 2.74. The van der Waals surface area contributed by atoms with Gasteiger partial charge in [-0.15, -0.1) is 0 Å². The van der Waals surface area contributed by atoms with E-state index in [0.29, 0.717) is 30.3 Å². The average Bonchev–Trinajstić information content (AvgIpc) is 3.10. The number of nitrogens with one attached hydrogen (secondary N) is 1. The molecule has 1 amide bonds. The van der Waals surface area contributed by atoms with E-state index in [1.807, 2.05) is 25.1 Å². The maximum atomic E-state index is 12.1. The molecule has 1 unspecified atom stereocenters. The maximum Gasteiger partial charge on any atom is 0.227 e. The second-order valence-corrected chi connectivity index (χ2v) is 6.11. The van der Waals surface area contributed by atoms with Gasteiger partial charge in [0.25, 0.3) is 0 Å². The number of rotatable bonds is 7. The molecule has 134 valence electrons. The predicted octanol–water partition coefficient (Wildman–Crippen LogP) is 0.901. The Morgan fingerprint density at radius 3 is 2.96 bits per heavy atom. The smallest absolute Gasteiger partial charge is 0.227 e. The van der Waals surface area contributed by atoms with Gasteiger partial charge in [0.1, 0.15) is 5.69 Å². The molecule has 2 aromatic rings. The molecule has 3 heterocycles. The number of amides is 1. The van der Waals surface area contributed by atoms with E-state index < -0.39 is 0 Å². The number of morpholine rings is 1. The van der Waals surface area contributed by atoms with E-state index in [0.717, 1.165) is 32.8 Å². The fourth-order valence-corrected chi connectivity index (χ4v) is 2.74. The van der Waals surface area contributed by atoms with Gasteiger partial charge in [-0.25, -0.2) is 0 Å². The lowest BCUT2D eigenvalue weighted by molar-refractivity contribution is -0.121. The van der Waals surface area contributed by atoms with Crippen molar-refractivity contribution < 1.29 is 14.1 Å². The lowest BCUT2D eigenvalue weighted by Crippen LogP contribution is -2.46. The van der Waals surface area contributed by atoms with Crippen molar-refractivity contribution in [1.29, 1.82) is 0 Å². The molecule has 1 atom stereocenters. The number of hydrogen-bond acceptors (Lipinski definition) is 7. The second kappa shape index (κ2) is 8.68. The molecule has 0 bridgehead atoms. The molecule has 8 heteroatoms. The molecular formula is C17H23N5O3. The lowest BCUT2D eigenvalue weighted by atomic mass is 10.2.